The van der Waals surface area contributed by atoms with Crippen molar-refractivity contribution in [3.8, 4) is 5.75 Å². The van der Waals surface area contributed by atoms with Crippen LogP contribution in [-0.2, 0) is 0 Å². The van der Waals surface area contributed by atoms with Gasteiger partial charge in [0.15, 0.2) is 0 Å². The van der Waals surface area contributed by atoms with E-state index in [4.69, 9.17) is 10.5 Å². The van der Waals surface area contributed by atoms with Crippen molar-refractivity contribution in [2.45, 2.75) is 25.3 Å². The topological polar surface area (TPSA) is 38.5 Å². The van der Waals surface area contributed by atoms with Crippen molar-refractivity contribution in [2.75, 3.05) is 27.2 Å². The molecule has 0 radical (unpaired) electrons. The maximum atomic E-state index is 5.99. The molecule has 1 heterocycles. The quantitative estimate of drug-likeness (QED) is 0.927. The third kappa shape index (κ3) is 3.30. The van der Waals surface area contributed by atoms with Crippen LogP contribution in [0.5, 0.6) is 5.75 Å². The second kappa shape index (κ2) is 6.73. The Morgan fingerprint density at radius 2 is 2.21 bits per heavy atom. The summed E-state index contributed by atoms with van der Waals surface area (Å²) in [7, 11) is 3.90. The van der Waals surface area contributed by atoms with E-state index in [0.29, 0.717) is 12.0 Å². The summed E-state index contributed by atoms with van der Waals surface area (Å²) < 4.78 is 6.32. The SMILES string of the molecule is COc1ccc(C2C(CN)CCCCN2C)cc1Br. The van der Waals surface area contributed by atoms with Gasteiger partial charge < -0.3 is 10.5 Å². The van der Waals surface area contributed by atoms with Gasteiger partial charge in [-0.25, -0.2) is 0 Å². The number of halogens is 1. The normalized spacial score (nSPS) is 25.1. The summed E-state index contributed by atoms with van der Waals surface area (Å²) in [6.07, 6.45) is 3.76. The lowest BCUT2D eigenvalue weighted by Gasteiger charge is -2.32. The number of nitrogens with two attached hydrogens (primary N) is 1. The molecular weight excluding hydrogens is 304 g/mol. The summed E-state index contributed by atoms with van der Waals surface area (Å²) in [6.45, 7) is 1.89. The Kier molecular flexibility index (Phi) is 5.25. The van der Waals surface area contributed by atoms with Crippen molar-refractivity contribution in [3.05, 3.63) is 28.2 Å². The Labute approximate surface area is 124 Å². The van der Waals surface area contributed by atoms with Crippen molar-refractivity contribution in [1.82, 2.24) is 4.90 Å². The molecule has 1 saturated heterocycles. The van der Waals surface area contributed by atoms with Crippen LogP contribution < -0.4 is 10.5 Å². The van der Waals surface area contributed by atoms with Gasteiger partial charge in [0, 0.05) is 6.04 Å². The molecule has 1 aromatic carbocycles. The summed E-state index contributed by atoms with van der Waals surface area (Å²) >= 11 is 3.58. The zero-order chi connectivity index (χ0) is 13.8. The fraction of sp³-hybridized carbons (Fsp3) is 0.600. The zero-order valence-corrected chi connectivity index (χ0v) is 13.3. The van der Waals surface area contributed by atoms with Gasteiger partial charge in [0.05, 0.1) is 11.6 Å². The van der Waals surface area contributed by atoms with E-state index in [1.807, 2.05) is 6.07 Å². The Morgan fingerprint density at radius 3 is 2.84 bits per heavy atom. The highest BCUT2D eigenvalue weighted by Crippen LogP contribution is 2.36. The van der Waals surface area contributed by atoms with Gasteiger partial charge in [-0.15, -0.1) is 0 Å². The molecule has 1 aliphatic rings. The van der Waals surface area contributed by atoms with E-state index in [0.717, 1.165) is 23.3 Å². The van der Waals surface area contributed by atoms with Gasteiger partial charge in [0.2, 0.25) is 0 Å². The molecule has 2 atom stereocenters. The molecule has 1 aliphatic heterocycles. The molecule has 0 amide bonds. The number of methoxy groups -OCH3 is 1. The van der Waals surface area contributed by atoms with Crippen LogP contribution in [0.4, 0.5) is 0 Å². The van der Waals surface area contributed by atoms with Crippen LogP contribution in [0.3, 0.4) is 0 Å². The molecule has 2 rings (SSSR count). The minimum absolute atomic E-state index is 0.412. The van der Waals surface area contributed by atoms with Crippen LogP contribution >= 0.6 is 15.9 Å². The lowest BCUT2D eigenvalue weighted by molar-refractivity contribution is 0.196. The highest BCUT2D eigenvalue weighted by atomic mass is 79.9. The predicted octanol–water partition coefficient (Wildman–Crippen LogP) is 3.19. The number of hydrogen-bond donors (Lipinski definition) is 1. The van der Waals surface area contributed by atoms with Crippen molar-refractivity contribution >= 4 is 15.9 Å². The van der Waals surface area contributed by atoms with Gasteiger partial charge >= 0.3 is 0 Å². The molecule has 0 spiro atoms. The number of benzene rings is 1. The second-order valence-electron chi connectivity index (χ2n) is 5.31. The Morgan fingerprint density at radius 1 is 1.42 bits per heavy atom. The van der Waals surface area contributed by atoms with Crippen molar-refractivity contribution in [1.29, 1.82) is 0 Å². The van der Waals surface area contributed by atoms with E-state index >= 15 is 0 Å². The average Bonchev–Trinajstić information content (AvgIpc) is 2.60. The summed E-state index contributed by atoms with van der Waals surface area (Å²) in [6, 6.07) is 6.79. The summed E-state index contributed by atoms with van der Waals surface area (Å²) in [5.41, 5.74) is 7.32. The average molecular weight is 327 g/mol. The summed E-state index contributed by atoms with van der Waals surface area (Å²) in [4.78, 5) is 2.44. The molecule has 19 heavy (non-hydrogen) atoms. The lowest BCUT2D eigenvalue weighted by Crippen LogP contribution is -2.33. The minimum atomic E-state index is 0.412. The number of ether oxygens (including phenoxy) is 1. The van der Waals surface area contributed by atoms with Crippen LogP contribution in [0.2, 0.25) is 0 Å². The number of nitrogens with zero attached hydrogens (tertiary/aromatic N) is 1. The monoisotopic (exact) mass is 326 g/mol. The number of likely N-dealkylation sites (tertiary alicyclic amines) is 1. The molecular formula is C15H23BrN2O. The van der Waals surface area contributed by atoms with Gasteiger partial charge in [-0.05, 0) is 72.5 Å². The van der Waals surface area contributed by atoms with Crippen molar-refractivity contribution < 1.29 is 4.74 Å². The van der Waals surface area contributed by atoms with Gasteiger partial charge in [-0.2, -0.15) is 0 Å². The predicted molar refractivity (Wildman–Crippen MR) is 82.5 cm³/mol. The van der Waals surface area contributed by atoms with E-state index in [-0.39, 0.29) is 0 Å². The zero-order valence-electron chi connectivity index (χ0n) is 11.7. The molecule has 1 aromatic rings. The molecule has 0 saturated carbocycles. The smallest absolute Gasteiger partial charge is 0.133 e. The van der Waals surface area contributed by atoms with Crippen LogP contribution in [0.25, 0.3) is 0 Å². The van der Waals surface area contributed by atoms with Crippen molar-refractivity contribution in [3.63, 3.8) is 0 Å². The van der Waals surface area contributed by atoms with Gasteiger partial charge in [-0.3, -0.25) is 4.90 Å². The molecule has 4 heteroatoms. The third-order valence-corrected chi connectivity index (χ3v) is 4.70. The van der Waals surface area contributed by atoms with E-state index < -0.39 is 0 Å². The maximum absolute atomic E-state index is 5.99. The first-order valence-electron chi connectivity index (χ1n) is 6.91. The number of hydrogen-bond acceptors (Lipinski definition) is 3. The molecule has 0 aromatic heterocycles. The minimum Gasteiger partial charge on any atom is -0.496 e. The second-order valence-corrected chi connectivity index (χ2v) is 6.17. The molecule has 0 bridgehead atoms. The highest BCUT2D eigenvalue weighted by molar-refractivity contribution is 9.10. The Hall–Kier alpha value is -0.580. The van der Waals surface area contributed by atoms with Crippen LogP contribution in [-0.4, -0.2) is 32.1 Å². The highest BCUT2D eigenvalue weighted by Gasteiger charge is 2.28. The van der Waals surface area contributed by atoms with Gasteiger partial charge in [-0.1, -0.05) is 12.5 Å². The van der Waals surface area contributed by atoms with Crippen LogP contribution in [0.1, 0.15) is 30.9 Å². The van der Waals surface area contributed by atoms with E-state index in [9.17, 15) is 0 Å². The molecule has 1 fully saturated rings. The summed E-state index contributed by atoms with van der Waals surface area (Å²) in [5.74, 6) is 1.41. The molecule has 3 nitrogen and oxygen atoms in total. The van der Waals surface area contributed by atoms with E-state index in [1.165, 1.54) is 24.8 Å². The van der Waals surface area contributed by atoms with Crippen molar-refractivity contribution in [2.24, 2.45) is 11.7 Å². The van der Waals surface area contributed by atoms with E-state index in [2.05, 4.69) is 40.0 Å². The van der Waals surface area contributed by atoms with Gasteiger partial charge in [0.1, 0.15) is 5.75 Å². The first-order chi connectivity index (χ1) is 9.17. The number of rotatable bonds is 3. The largest absolute Gasteiger partial charge is 0.496 e. The molecule has 106 valence electrons. The molecule has 2 unspecified atom stereocenters. The Bertz CT molecular complexity index is 425. The first kappa shape index (κ1) is 14.8. The summed E-state index contributed by atoms with van der Waals surface area (Å²) in [5, 5.41) is 0. The fourth-order valence-electron chi connectivity index (χ4n) is 3.06. The maximum Gasteiger partial charge on any atom is 0.133 e. The van der Waals surface area contributed by atoms with Crippen LogP contribution in [0, 0.1) is 5.92 Å². The van der Waals surface area contributed by atoms with E-state index in [1.54, 1.807) is 7.11 Å². The van der Waals surface area contributed by atoms with Crippen LogP contribution in [0.15, 0.2) is 22.7 Å². The molecule has 0 aliphatic carbocycles. The standard InChI is InChI=1S/C15H23BrN2O/c1-18-8-4-3-5-12(10-17)15(18)11-6-7-14(19-2)13(16)9-11/h6-7,9,12,15H,3-5,8,10,17H2,1-2H3. The first-order valence-corrected chi connectivity index (χ1v) is 7.70. The lowest BCUT2D eigenvalue weighted by atomic mass is 9.89. The third-order valence-electron chi connectivity index (χ3n) is 4.08. The Balaban J connectivity index is 2.32. The molecule has 2 N–H and O–H groups in total. The van der Waals surface area contributed by atoms with Gasteiger partial charge in [0.25, 0.3) is 0 Å². The fourth-order valence-corrected chi connectivity index (χ4v) is 3.62.